The zero-order valence-electron chi connectivity index (χ0n) is 12.8. The van der Waals surface area contributed by atoms with Gasteiger partial charge in [-0.1, -0.05) is 23.2 Å². The van der Waals surface area contributed by atoms with E-state index in [0.717, 1.165) is 30.0 Å². The fourth-order valence-electron chi connectivity index (χ4n) is 2.98. The highest BCUT2D eigenvalue weighted by molar-refractivity contribution is 7.16. The minimum absolute atomic E-state index is 0.0633. The first kappa shape index (κ1) is 15.9. The Balaban J connectivity index is 1.75. The highest BCUT2D eigenvalue weighted by atomic mass is 35.5. The van der Waals surface area contributed by atoms with Crippen LogP contribution in [0.4, 0.5) is 5.69 Å². The molecule has 1 aliphatic rings. The van der Waals surface area contributed by atoms with Crippen molar-refractivity contribution in [1.29, 1.82) is 0 Å². The number of aryl methyl sites for hydroxylation is 1. The smallest absolute Gasteiger partial charge is 0.260 e. The molecule has 2 heterocycles. The summed E-state index contributed by atoms with van der Waals surface area (Å²) in [7, 11) is 1.70. The number of halogens is 2. The lowest BCUT2D eigenvalue weighted by Gasteiger charge is -2.41. The van der Waals surface area contributed by atoms with Crippen molar-refractivity contribution in [2.45, 2.75) is 24.8 Å². The number of fused-ring (bicyclic) bond motifs is 1. The standard InChI is InChI=1S/C16H14Cl2N4OS/c1-22-8-19-11-4-3-9(7-10(11)14(22)23)21-16(5-2-6-16)15-20-12(17)13(18)24-15/h3-4,7-8,21H,2,5-6H2,1H3. The molecule has 0 radical (unpaired) electrons. The molecule has 124 valence electrons. The van der Waals surface area contributed by atoms with Crippen LogP contribution in [0.5, 0.6) is 0 Å². The Morgan fingerprint density at radius 3 is 2.75 bits per heavy atom. The molecule has 3 aromatic rings. The Kier molecular flexibility index (Phi) is 3.78. The molecule has 0 saturated heterocycles. The van der Waals surface area contributed by atoms with E-state index in [2.05, 4.69) is 15.3 Å². The van der Waals surface area contributed by atoms with Gasteiger partial charge in [-0.2, -0.15) is 0 Å². The molecular formula is C16H14Cl2N4OS. The predicted molar refractivity (Wildman–Crippen MR) is 98.3 cm³/mol. The number of hydrogen-bond donors (Lipinski definition) is 1. The van der Waals surface area contributed by atoms with Crippen molar-refractivity contribution < 1.29 is 0 Å². The number of anilines is 1. The molecule has 0 bridgehead atoms. The first-order chi connectivity index (χ1) is 11.5. The van der Waals surface area contributed by atoms with Gasteiger partial charge in [0.15, 0.2) is 5.15 Å². The van der Waals surface area contributed by atoms with E-state index in [1.54, 1.807) is 7.05 Å². The highest BCUT2D eigenvalue weighted by Gasteiger charge is 2.42. The van der Waals surface area contributed by atoms with E-state index in [1.165, 1.54) is 22.2 Å². The lowest BCUT2D eigenvalue weighted by atomic mass is 9.77. The van der Waals surface area contributed by atoms with Crippen molar-refractivity contribution in [3.8, 4) is 0 Å². The molecule has 4 rings (SSSR count). The van der Waals surface area contributed by atoms with Crippen molar-refractivity contribution in [2.75, 3.05) is 5.32 Å². The van der Waals surface area contributed by atoms with Gasteiger partial charge in [0.2, 0.25) is 0 Å². The third-order valence-electron chi connectivity index (χ3n) is 4.47. The molecule has 0 atom stereocenters. The minimum Gasteiger partial charge on any atom is -0.373 e. The number of hydrogen-bond acceptors (Lipinski definition) is 5. The summed E-state index contributed by atoms with van der Waals surface area (Å²) >= 11 is 13.5. The molecule has 0 unspecified atom stereocenters. The van der Waals surface area contributed by atoms with E-state index in [1.807, 2.05) is 18.2 Å². The van der Waals surface area contributed by atoms with Crippen LogP contribution in [0.2, 0.25) is 9.49 Å². The van der Waals surface area contributed by atoms with Crippen molar-refractivity contribution in [3.05, 3.63) is 49.4 Å². The fraction of sp³-hybridized carbons (Fsp3) is 0.312. The fourth-order valence-corrected chi connectivity index (χ4v) is 4.37. The van der Waals surface area contributed by atoms with Crippen LogP contribution in [-0.2, 0) is 12.6 Å². The van der Waals surface area contributed by atoms with Crippen LogP contribution in [0.1, 0.15) is 24.3 Å². The van der Waals surface area contributed by atoms with Crippen LogP contribution in [0.3, 0.4) is 0 Å². The van der Waals surface area contributed by atoms with Gasteiger partial charge in [-0.15, -0.1) is 11.3 Å². The number of rotatable bonds is 3. The summed E-state index contributed by atoms with van der Waals surface area (Å²) in [6, 6.07) is 5.64. The zero-order chi connectivity index (χ0) is 16.9. The predicted octanol–water partition coefficient (Wildman–Crippen LogP) is 4.19. The molecule has 0 aliphatic heterocycles. The molecule has 0 spiro atoms. The quantitative estimate of drug-likeness (QED) is 0.739. The Morgan fingerprint density at radius 1 is 1.33 bits per heavy atom. The van der Waals surface area contributed by atoms with Crippen LogP contribution in [-0.4, -0.2) is 14.5 Å². The van der Waals surface area contributed by atoms with Crippen molar-refractivity contribution in [1.82, 2.24) is 14.5 Å². The van der Waals surface area contributed by atoms with E-state index in [9.17, 15) is 4.79 Å². The van der Waals surface area contributed by atoms with E-state index >= 15 is 0 Å². The van der Waals surface area contributed by atoms with Gasteiger partial charge in [0.25, 0.3) is 5.56 Å². The van der Waals surface area contributed by atoms with E-state index in [-0.39, 0.29) is 11.1 Å². The molecule has 2 aromatic heterocycles. The minimum atomic E-state index is -0.261. The van der Waals surface area contributed by atoms with Crippen molar-refractivity contribution >= 4 is 51.1 Å². The lowest BCUT2D eigenvalue weighted by Crippen LogP contribution is -2.42. The second-order valence-corrected chi connectivity index (χ2v) is 8.00. The third-order valence-corrected chi connectivity index (χ3v) is 6.41. The van der Waals surface area contributed by atoms with Gasteiger partial charge < -0.3 is 9.88 Å². The zero-order valence-corrected chi connectivity index (χ0v) is 15.2. The third kappa shape index (κ3) is 2.49. The van der Waals surface area contributed by atoms with Crippen LogP contribution in [0.25, 0.3) is 10.9 Å². The van der Waals surface area contributed by atoms with Gasteiger partial charge in [0.1, 0.15) is 9.34 Å². The first-order valence-electron chi connectivity index (χ1n) is 7.54. The molecule has 0 amide bonds. The van der Waals surface area contributed by atoms with Crippen LogP contribution in [0, 0.1) is 0 Å². The summed E-state index contributed by atoms with van der Waals surface area (Å²) in [4.78, 5) is 21.0. The van der Waals surface area contributed by atoms with E-state index in [4.69, 9.17) is 23.2 Å². The molecule has 1 fully saturated rings. The molecular weight excluding hydrogens is 367 g/mol. The molecule has 1 saturated carbocycles. The average molecular weight is 381 g/mol. The van der Waals surface area contributed by atoms with Crippen molar-refractivity contribution in [2.24, 2.45) is 7.05 Å². The number of thiazole rings is 1. The highest BCUT2D eigenvalue weighted by Crippen LogP contribution is 2.47. The van der Waals surface area contributed by atoms with Gasteiger partial charge in [0, 0.05) is 12.7 Å². The summed E-state index contributed by atoms with van der Waals surface area (Å²) in [6.45, 7) is 0. The molecule has 1 N–H and O–H groups in total. The number of nitrogens with one attached hydrogen (secondary N) is 1. The molecule has 1 aromatic carbocycles. The molecule has 8 heteroatoms. The van der Waals surface area contributed by atoms with E-state index in [0.29, 0.717) is 20.4 Å². The largest absolute Gasteiger partial charge is 0.373 e. The van der Waals surface area contributed by atoms with Gasteiger partial charge in [0.05, 0.1) is 22.8 Å². The summed E-state index contributed by atoms with van der Waals surface area (Å²) in [5.41, 5.74) is 1.23. The lowest BCUT2D eigenvalue weighted by molar-refractivity contribution is 0.283. The molecule has 5 nitrogen and oxygen atoms in total. The van der Waals surface area contributed by atoms with E-state index < -0.39 is 0 Å². The second-order valence-electron chi connectivity index (χ2n) is 6.04. The maximum Gasteiger partial charge on any atom is 0.260 e. The Bertz CT molecular complexity index is 974. The summed E-state index contributed by atoms with van der Waals surface area (Å²) in [6.07, 6.45) is 4.55. The number of nitrogens with zero attached hydrogens (tertiary/aromatic N) is 3. The average Bonchev–Trinajstić information content (AvgIpc) is 2.86. The maximum atomic E-state index is 12.3. The van der Waals surface area contributed by atoms with Gasteiger partial charge in [-0.05, 0) is 37.5 Å². The maximum absolute atomic E-state index is 12.3. The Hall–Kier alpha value is -1.63. The van der Waals surface area contributed by atoms with Crippen LogP contribution < -0.4 is 10.9 Å². The first-order valence-corrected chi connectivity index (χ1v) is 9.12. The Morgan fingerprint density at radius 2 is 2.12 bits per heavy atom. The molecule has 24 heavy (non-hydrogen) atoms. The number of aromatic nitrogens is 3. The SMILES string of the molecule is Cn1cnc2ccc(NC3(c4nc(Cl)c(Cl)s4)CCC3)cc2c1=O. The van der Waals surface area contributed by atoms with Gasteiger partial charge >= 0.3 is 0 Å². The summed E-state index contributed by atoms with van der Waals surface area (Å²) < 4.78 is 1.99. The van der Waals surface area contributed by atoms with Crippen LogP contribution >= 0.6 is 34.5 Å². The Labute approximate surface area is 152 Å². The topological polar surface area (TPSA) is 59.8 Å². The van der Waals surface area contributed by atoms with Crippen LogP contribution in [0.15, 0.2) is 29.3 Å². The second kappa shape index (κ2) is 5.72. The normalized spacial score (nSPS) is 16.1. The summed E-state index contributed by atoms with van der Waals surface area (Å²) in [5.74, 6) is 0. The van der Waals surface area contributed by atoms with Gasteiger partial charge in [-0.3, -0.25) is 4.79 Å². The monoisotopic (exact) mass is 380 g/mol. The number of benzene rings is 1. The van der Waals surface area contributed by atoms with Crippen molar-refractivity contribution in [3.63, 3.8) is 0 Å². The summed E-state index contributed by atoms with van der Waals surface area (Å²) in [5, 5.41) is 5.37. The van der Waals surface area contributed by atoms with Gasteiger partial charge in [-0.25, -0.2) is 9.97 Å². The molecule has 1 aliphatic carbocycles.